The molecule has 0 amide bonds. The molecule has 4 heteroatoms. The summed E-state index contributed by atoms with van der Waals surface area (Å²) < 4.78 is 5.09. The number of phenols is 1. The van der Waals surface area contributed by atoms with Gasteiger partial charge in [-0.2, -0.15) is 0 Å². The highest BCUT2D eigenvalue weighted by Gasteiger charge is 2.23. The van der Waals surface area contributed by atoms with Crippen molar-refractivity contribution in [1.82, 2.24) is 10.2 Å². The van der Waals surface area contributed by atoms with Gasteiger partial charge in [-0.1, -0.05) is 13.0 Å². The first-order valence-corrected chi connectivity index (χ1v) is 6.88. The second-order valence-corrected chi connectivity index (χ2v) is 5.51. The smallest absolute Gasteiger partial charge is 0.123 e. The normalized spacial score (nSPS) is 24.4. The molecule has 4 nitrogen and oxygen atoms in total. The molecule has 0 radical (unpaired) electrons. The fourth-order valence-electron chi connectivity index (χ4n) is 2.72. The number of hydrogen-bond acceptors (Lipinski definition) is 4. The Morgan fingerprint density at radius 1 is 1.47 bits per heavy atom. The number of nitrogens with one attached hydrogen (secondary N) is 1. The zero-order valence-corrected chi connectivity index (χ0v) is 12.0. The molecule has 1 aromatic carbocycles. The molecule has 0 aliphatic carbocycles. The van der Waals surface area contributed by atoms with Gasteiger partial charge in [0.15, 0.2) is 0 Å². The molecule has 2 unspecified atom stereocenters. The molecule has 0 saturated carbocycles. The molecule has 1 fully saturated rings. The zero-order chi connectivity index (χ0) is 13.8. The van der Waals surface area contributed by atoms with Gasteiger partial charge in [-0.25, -0.2) is 0 Å². The number of piperidine rings is 1. The van der Waals surface area contributed by atoms with Crippen LogP contribution < -0.4 is 10.1 Å². The first kappa shape index (κ1) is 14.2. The number of likely N-dealkylation sites (tertiary alicyclic amines) is 1. The lowest BCUT2D eigenvalue weighted by Crippen LogP contribution is -2.46. The number of benzene rings is 1. The number of nitrogens with zero attached hydrogens (tertiary/aromatic N) is 1. The van der Waals surface area contributed by atoms with E-state index in [2.05, 4.69) is 24.2 Å². The van der Waals surface area contributed by atoms with Crippen molar-refractivity contribution in [1.29, 1.82) is 0 Å². The maximum atomic E-state index is 9.93. The van der Waals surface area contributed by atoms with E-state index in [0.717, 1.165) is 25.1 Å². The van der Waals surface area contributed by atoms with Crippen molar-refractivity contribution in [3.05, 3.63) is 23.8 Å². The zero-order valence-electron chi connectivity index (χ0n) is 12.0. The highest BCUT2D eigenvalue weighted by molar-refractivity contribution is 5.39. The SMILES string of the molecule is COc1ccc(CNC2CCN(C)CC2C)c(O)c1. The Morgan fingerprint density at radius 2 is 2.26 bits per heavy atom. The van der Waals surface area contributed by atoms with Crippen molar-refractivity contribution in [3.63, 3.8) is 0 Å². The van der Waals surface area contributed by atoms with Crippen LogP contribution in [-0.4, -0.2) is 43.3 Å². The largest absolute Gasteiger partial charge is 0.507 e. The van der Waals surface area contributed by atoms with Crippen LogP contribution in [0.1, 0.15) is 18.9 Å². The molecule has 0 bridgehead atoms. The Bertz CT molecular complexity index is 423. The summed E-state index contributed by atoms with van der Waals surface area (Å²) >= 11 is 0. The highest BCUT2D eigenvalue weighted by atomic mass is 16.5. The van der Waals surface area contributed by atoms with Gasteiger partial charge >= 0.3 is 0 Å². The fourth-order valence-corrected chi connectivity index (χ4v) is 2.72. The van der Waals surface area contributed by atoms with Gasteiger partial charge in [-0.05, 0) is 32.0 Å². The van der Waals surface area contributed by atoms with Gasteiger partial charge in [-0.15, -0.1) is 0 Å². The minimum absolute atomic E-state index is 0.299. The van der Waals surface area contributed by atoms with Gasteiger partial charge in [0, 0.05) is 30.8 Å². The third-order valence-electron chi connectivity index (χ3n) is 3.96. The Kier molecular flexibility index (Phi) is 4.66. The maximum Gasteiger partial charge on any atom is 0.123 e. The lowest BCUT2D eigenvalue weighted by molar-refractivity contribution is 0.174. The maximum absolute atomic E-state index is 9.93. The number of phenolic OH excluding ortho intramolecular Hbond substituents is 1. The van der Waals surface area contributed by atoms with E-state index in [4.69, 9.17) is 4.74 Å². The fraction of sp³-hybridized carbons (Fsp3) is 0.600. The molecule has 19 heavy (non-hydrogen) atoms. The van der Waals surface area contributed by atoms with E-state index in [1.54, 1.807) is 13.2 Å². The van der Waals surface area contributed by atoms with Crippen molar-refractivity contribution in [3.8, 4) is 11.5 Å². The van der Waals surface area contributed by atoms with E-state index in [1.807, 2.05) is 12.1 Å². The van der Waals surface area contributed by atoms with Crippen LogP contribution in [0.15, 0.2) is 18.2 Å². The molecule has 2 atom stereocenters. The van der Waals surface area contributed by atoms with Crippen LogP contribution in [0.25, 0.3) is 0 Å². The predicted octanol–water partition coefficient (Wildman–Crippen LogP) is 1.83. The van der Waals surface area contributed by atoms with Crippen molar-refractivity contribution in [2.75, 3.05) is 27.2 Å². The summed E-state index contributed by atoms with van der Waals surface area (Å²) in [7, 11) is 3.77. The molecular formula is C15H24N2O2. The molecule has 1 saturated heterocycles. The topological polar surface area (TPSA) is 44.7 Å². The van der Waals surface area contributed by atoms with E-state index in [9.17, 15) is 5.11 Å². The second kappa shape index (κ2) is 6.26. The molecule has 2 rings (SSSR count). The monoisotopic (exact) mass is 264 g/mol. The predicted molar refractivity (Wildman–Crippen MR) is 76.6 cm³/mol. The van der Waals surface area contributed by atoms with Gasteiger partial charge in [0.05, 0.1) is 7.11 Å². The third-order valence-corrected chi connectivity index (χ3v) is 3.96. The Hall–Kier alpha value is -1.26. The standard InChI is InChI=1S/C15H24N2O2/c1-11-10-17(2)7-6-14(11)16-9-12-4-5-13(19-3)8-15(12)18/h4-5,8,11,14,16,18H,6-7,9-10H2,1-3H3. The van der Waals surface area contributed by atoms with Crippen LogP contribution in [0.3, 0.4) is 0 Å². The number of rotatable bonds is 4. The molecule has 1 aliphatic heterocycles. The van der Waals surface area contributed by atoms with Crippen molar-refractivity contribution < 1.29 is 9.84 Å². The third kappa shape index (κ3) is 3.61. The second-order valence-electron chi connectivity index (χ2n) is 5.51. The van der Waals surface area contributed by atoms with Crippen LogP contribution >= 0.6 is 0 Å². The minimum atomic E-state index is 0.299. The first-order valence-electron chi connectivity index (χ1n) is 6.88. The summed E-state index contributed by atoms with van der Waals surface area (Å²) in [5.74, 6) is 1.63. The van der Waals surface area contributed by atoms with E-state index in [0.29, 0.717) is 30.0 Å². The average molecular weight is 264 g/mol. The molecule has 0 spiro atoms. The van der Waals surface area contributed by atoms with E-state index in [1.165, 1.54) is 0 Å². The quantitative estimate of drug-likeness (QED) is 0.871. The summed E-state index contributed by atoms with van der Waals surface area (Å²) in [6.45, 7) is 5.25. The number of hydrogen-bond donors (Lipinski definition) is 2. The molecular weight excluding hydrogens is 240 g/mol. The Balaban J connectivity index is 1.91. The summed E-state index contributed by atoms with van der Waals surface area (Å²) in [5.41, 5.74) is 0.923. The summed E-state index contributed by atoms with van der Waals surface area (Å²) in [4.78, 5) is 2.37. The Labute approximate surface area is 115 Å². The van der Waals surface area contributed by atoms with Crippen molar-refractivity contribution in [2.24, 2.45) is 5.92 Å². The van der Waals surface area contributed by atoms with E-state index in [-0.39, 0.29) is 0 Å². The molecule has 1 aliphatic rings. The molecule has 1 heterocycles. The molecule has 0 aromatic heterocycles. The number of ether oxygens (including phenoxy) is 1. The van der Waals surface area contributed by atoms with Crippen molar-refractivity contribution in [2.45, 2.75) is 25.9 Å². The summed E-state index contributed by atoms with van der Waals surface area (Å²) in [6.07, 6.45) is 1.16. The van der Waals surface area contributed by atoms with Gasteiger partial charge in [0.1, 0.15) is 11.5 Å². The minimum Gasteiger partial charge on any atom is -0.507 e. The molecule has 106 valence electrons. The van der Waals surface area contributed by atoms with E-state index >= 15 is 0 Å². The summed E-state index contributed by atoms with van der Waals surface area (Å²) in [5, 5.41) is 13.5. The van der Waals surface area contributed by atoms with Gasteiger partial charge in [-0.3, -0.25) is 0 Å². The van der Waals surface area contributed by atoms with Gasteiger partial charge < -0.3 is 20.1 Å². The number of methoxy groups -OCH3 is 1. The summed E-state index contributed by atoms with van der Waals surface area (Å²) in [6, 6.07) is 5.99. The van der Waals surface area contributed by atoms with Crippen LogP contribution in [-0.2, 0) is 6.54 Å². The Morgan fingerprint density at radius 3 is 2.89 bits per heavy atom. The highest BCUT2D eigenvalue weighted by Crippen LogP contribution is 2.24. The van der Waals surface area contributed by atoms with Gasteiger partial charge in [0.2, 0.25) is 0 Å². The molecule has 1 aromatic rings. The number of aromatic hydroxyl groups is 1. The first-order chi connectivity index (χ1) is 9.10. The lowest BCUT2D eigenvalue weighted by atomic mass is 9.94. The van der Waals surface area contributed by atoms with Crippen LogP contribution in [0.2, 0.25) is 0 Å². The van der Waals surface area contributed by atoms with Crippen LogP contribution in [0, 0.1) is 5.92 Å². The lowest BCUT2D eigenvalue weighted by Gasteiger charge is -2.35. The van der Waals surface area contributed by atoms with E-state index < -0.39 is 0 Å². The van der Waals surface area contributed by atoms with Crippen LogP contribution in [0.5, 0.6) is 11.5 Å². The molecule has 2 N–H and O–H groups in total. The van der Waals surface area contributed by atoms with Gasteiger partial charge in [0.25, 0.3) is 0 Å². The average Bonchev–Trinajstić information content (AvgIpc) is 2.39. The van der Waals surface area contributed by atoms with Crippen LogP contribution in [0.4, 0.5) is 0 Å². The van der Waals surface area contributed by atoms with Crippen molar-refractivity contribution >= 4 is 0 Å².